The Hall–Kier alpha value is -1.22. The molecule has 3 nitrogen and oxygen atoms in total. The van der Waals surface area contributed by atoms with Crippen molar-refractivity contribution in [1.82, 2.24) is 10.2 Å². The Bertz CT molecular complexity index is 392. The van der Waals surface area contributed by atoms with Gasteiger partial charge in [-0.05, 0) is 24.1 Å². The second-order valence-corrected chi connectivity index (χ2v) is 4.14. The standard InChI is InChI=1S/C11H13ClN2O/c1-8-6-9(2-3-10(8)12)7-14-5-4-13-11(14)15/h2-3,6H,4-5,7H2,1H3,(H,13,15). The van der Waals surface area contributed by atoms with Crippen LogP contribution >= 0.6 is 11.6 Å². The molecule has 0 unspecified atom stereocenters. The van der Waals surface area contributed by atoms with Crippen molar-refractivity contribution in [3.05, 3.63) is 34.3 Å². The van der Waals surface area contributed by atoms with Gasteiger partial charge in [-0.1, -0.05) is 23.7 Å². The van der Waals surface area contributed by atoms with E-state index in [9.17, 15) is 4.79 Å². The second kappa shape index (κ2) is 4.11. The van der Waals surface area contributed by atoms with Crippen LogP contribution in [0.5, 0.6) is 0 Å². The van der Waals surface area contributed by atoms with Gasteiger partial charge in [-0.3, -0.25) is 0 Å². The van der Waals surface area contributed by atoms with Crippen molar-refractivity contribution in [3.8, 4) is 0 Å². The highest BCUT2D eigenvalue weighted by molar-refractivity contribution is 6.31. The van der Waals surface area contributed by atoms with Gasteiger partial charge in [-0.2, -0.15) is 0 Å². The van der Waals surface area contributed by atoms with Crippen molar-refractivity contribution in [3.63, 3.8) is 0 Å². The molecule has 1 aliphatic rings. The monoisotopic (exact) mass is 224 g/mol. The molecule has 0 aromatic heterocycles. The quantitative estimate of drug-likeness (QED) is 0.821. The second-order valence-electron chi connectivity index (χ2n) is 3.74. The van der Waals surface area contributed by atoms with E-state index in [4.69, 9.17) is 11.6 Å². The molecule has 4 heteroatoms. The number of carbonyl (C=O) groups excluding carboxylic acids is 1. The van der Waals surface area contributed by atoms with Gasteiger partial charge in [0.25, 0.3) is 0 Å². The van der Waals surface area contributed by atoms with E-state index in [1.54, 1.807) is 4.90 Å². The van der Waals surface area contributed by atoms with E-state index < -0.39 is 0 Å². The van der Waals surface area contributed by atoms with Crippen LogP contribution in [-0.2, 0) is 6.54 Å². The third-order valence-corrected chi connectivity index (χ3v) is 2.97. The van der Waals surface area contributed by atoms with Crippen molar-refractivity contribution in [2.45, 2.75) is 13.5 Å². The highest BCUT2D eigenvalue weighted by Crippen LogP contribution is 2.17. The summed E-state index contributed by atoms with van der Waals surface area (Å²) in [5.74, 6) is 0. The summed E-state index contributed by atoms with van der Waals surface area (Å²) in [7, 11) is 0. The van der Waals surface area contributed by atoms with E-state index >= 15 is 0 Å². The molecule has 0 atom stereocenters. The fourth-order valence-corrected chi connectivity index (χ4v) is 1.81. The average Bonchev–Trinajstić information content (AvgIpc) is 2.59. The molecule has 80 valence electrons. The minimum atomic E-state index is 0.0163. The van der Waals surface area contributed by atoms with Gasteiger partial charge in [0, 0.05) is 24.7 Å². The number of amides is 2. The summed E-state index contributed by atoms with van der Waals surface area (Å²) in [6.45, 7) is 4.14. The lowest BCUT2D eigenvalue weighted by Crippen LogP contribution is -2.27. The SMILES string of the molecule is Cc1cc(CN2CCNC2=O)ccc1Cl. The summed E-state index contributed by atoms with van der Waals surface area (Å²) in [6, 6.07) is 5.87. The van der Waals surface area contributed by atoms with Crippen molar-refractivity contribution in [2.24, 2.45) is 0 Å². The topological polar surface area (TPSA) is 32.3 Å². The van der Waals surface area contributed by atoms with E-state index in [0.29, 0.717) is 6.54 Å². The van der Waals surface area contributed by atoms with Gasteiger partial charge in [-0.25, -0.2) is 4.79 Å². The van der Waals surface area contributed by atoms with Crippen molar-refractivity contribution in [1.29, 1.82) is 0 Å². The summed E-state index contributed by atoms with van der Waals surface area (Å²) in [5.41, 5.74) is 2.17. The minimum absolute atomic E-state index is 0.0163. The lowest BCUT2D eigenvalue weighted by molar-refractivity contribution is 0.215. The maximum Gasteiger partial charge on any atom is 0.317 e. The third-order valence-electron chi connectivity index (χ3n) is 2.54. The number of nitrogens with one attached hydrogen (secondary N) is 1. The highest BCUT2D eigenvalue weighted by atomic mass is 35.5. The molecule has 1 saturated heterocycles. The summed E-state index contributed by atoms with van der Waals surface area (Å²) < 4.78 is 0. The molecule has 1 aromatic rings. The van der Waals surface area contributed by atoms with Crippen LogP contribution in [0.1, 0.15) is 11.1 Å². The number of nitrogens with zero attached hydrogens (tertiary/aromatic N) is 1. The van der Waals surface area contributed by atoms with Crippen molar-refractivity contribution in [2.75, 3.05) is 13.1 Å². The normalized spacial score (nSPS) is 15.6. The summed E-state index contributed by atoms with van der Waals surface area (Å²) >= 11 is 5.93. The van der Waals surface area contributed by atoms with Crippen LogP contribution in [0.25, 0.3) is 0 Å². The van der Waals surface area contributed by atoms with Crippen LogP contribution in [-0.4, -0.2) is 24.0 Å². The highest BCUT2D eigenvalue weighted by Gasteiger charge is 2.19. The molecular weight excluding hydrogens is 212 g/mol. The first-order valence-electron chi connectivity index (χ1n) is 4.94. The molecule has 1 fully saturated rings. The first-order chi connectivity index (χ1) is 7.16. The third kappa shape index (κ3) is 2.23. The van der Waals surface area contributed by atoms with Crippen LogP contribution in [0.3, 0.4) is 0 Å². The van der Waals surface area contributed by atoms with E-state index in [0.717, 1.165) is 29.2 Å². The van der Waals surface area contributed by atoms with Crippen LogP contribution in [0.15, 0.2) is 18.2 Å². The Morgan fingerprint density at radius 2 is 2.33 bits per heavy atom. The molecule has 1 heterocycles. The molecule has 0 saturated carbocycles. The number of aryl methyl sites for hydroxylation is 1. The lowest BCUT2D eigenvalue weighted by Gasteiger charge is -2.14. The predicted molar refractivity (Wildman–Crippen MR) is 60.0 cm³/mol. The molecule has 0 bridgehead atoms. The molecular formula is C11H13ClN2O. The largest absolute Gasteiger partial charge is 0.336 e. The number of rotatable bonds is 2. The number of halogens is 1. The Morgan fingerprint density at radius 1 is 1.53 bits per heavy atom. The van der Waals surface area contributed by atoms with Crippen molar-refractivity contribution >= 4 is 17.6 Å². The molecule has 0 radical (unpaired) electrons. The van der Waals surface area contributed by atoms with E-state index in [-0.39, 0.29) is 6.03 Å². The maximum absolute atomic E-state index is 11.3. The Labute approximate surface area is 94.0 Å². The zero-order valence-electron chi connectivity index (χ0n) is 8.59. The Balaban J connectivity index is 2.10. The first-order valence-corrected chi connectivity index (χ1v) is 5.32. The van der Waals surface area contributed by atoms with E-state index in [1.807, 2.05) is 25.1 Å². The van der Waals surface area contributed by atoms with Crippen LogP contribution in [0.2, 0.25) is 5.02 Å². The molecule has 15 heavy (non-hydrogen) atoms. The zero-order valence-corrected chi connectivity index (χ0v) is 9.34. The fraction of sp³-hybridized carbons (Fsp3) is 0.364. The van der Waals surface area contributed by atoms with Crippen LogP contribution in [0.4, 0.5) is 4.79 Å². The summed E-state index contributed by atoms with van der Waals surface area (Å²) in [4.78, 5) is 13.1. The smallest absolute Gasteiger partial charge is 0.317 e. The molecule has 1 aliphatic heterocycles. The van der Waals surface area contributed by atoms with E-state index in [1.165, 1.54) is 0 Å². The van der Waals surface area contributed by atoms with E-state index in [2.05, 4.69) is 5.32 Å². The minimum Gasteiger partial charge on any atom is -0.336 e. The molecule has 2 amide bonds. The van der Waals surface area contributed by atoms with Gasteiger partial charge in [0.05, 0.1) is 0 Å². The van der Waals surface area contributed by atoms with Gasteiger partial charge in [0.1, 0.15) is 0 Å². The Kier molecular flexibility index (Phi) is 2.82. The van der Waals surface area contributed by atoms with Gasteiger partial charge in [0.15, 0.2) is 0 Å². The zero-order chi connectivity index (χ0) is 10.8. The number of hydrogen-bond donors (Lipinski definition) is 1. The Morgan fingerprint density at radius 3 is 2.93 bits per heavy atom. The van der Waals surface area contributed by atoms with Gasteiger partial charge in [0.2, 0.25) is 0 Å². The lowest BCUT2D eigenvalue weighted by atomic mass is 10.1. The number of urea groups is 1. The summed E-state index contributed by atoms with van der Waals surface area (Å²) in [6.07, 6.45) is 0. The first kappa shape index (κ1) is 10.3. The van der Waals surface area contributed by atoms with Crippen molar-refractivity contribution < 1.29 is 4.79 Å². The molecule has 2 rings (SSSR count). The molecule has 1 aromatic carbocycles. The predicted octanol–water partition coefficient (Wildman–Crippen LogP) is 2.17. The number of carbonyl (C=O) groups is 1. The molecule has 1 N–H and O–H groups in total. The van der Waals surface area contributed by atoms with Gasteiger partial charge >= 0.3 is 6.03 Å². The molecule has 0 aliphatic carbocycles. The fourth-order valence-electron chi connectivity index (χ4n) is 1.69. The van der Waals surface area contributed by atoms with Gasteiger partial charge in [-0.15, -0.1) is 0 Å². The number of hydrogen-bond acceptors (Lipinski definition) is 1. The average molecular weight is 225 g/mol. The summed E-state index contributed by atoms with van der Waals surface area (Å²) in [5, 5.41) is 3.54. The van der Waals surface area contributed by atoms with Crippen LogP contribution in [0, 0.1) is 6.92 Å². The maximum atomic E-state index is 11.3. The molecule has 0 spiro atoms. The van der Waals surface area contributed by atoms with Gasteiger partial charge < -0.3 is 10.2 Å². The number of benzene rings is 1. The van der Waals surface area contributed by atoms with Crippen LogP contribution < -0.4 is 5.32 Å².